The van der Waals surface area contributed by atoms with Crippen molar-refractivity contribution in [3.63, 3.8) is 0 Å². The lowest BCUT2D eigenvalue weighted by atomic mass is 10.1. The molecule has 0 bridgehead atoms. The number of aromatic nitrogens is 4. The molecule has 1 saturated heterocycles. The van der Waals surface area contributed by atoms with Gasteiger partial charge in [-0.1, -0.05) is 30.3 Å². The first kappa shape index (κ1) is 27.4. The molecule has 0 radical (unpaired) electrons. The number of hydrogen-bond acceptors (Lipinski definition) is 12. The van der Waals surface area contributed by atoms with E-state index in [-0.39, 0.29) is 36.2 Å². The highest BCUT2D eigenvalue weighted by Gasteiger charge is 2.51. The number of hydrogen-bond donors (Lipinski definition) is 1. The maximum Gasteiger partial charge on any atom is 0.303 e. The Balaban J connectivity index is 1.76. The molecule has 1 aromatic carbocycles. The molecule has 14 heteroatoms. The van der Waals surface area contributed by atoms with E-state index in [1.807, 2.05) is 30.3 Å². The summed E-state index contributed by atoms with van der Waals surface area (Å²) in [5.74, 6) is -2.29. The SMILES string of the molecule is CC(=O)Nc1nc(OCc2ccccc2)c2ncn([C@@H]3O[C@H](COC(C)=O)[C@@H](OC(C)=O)[C@H]3OC(C)=O)c2n1. The van der Waals surface area contributed by atoms with Crippen LogP contribution in [-0.2, 0) is 44.7 Å². The Morgan fingerprint density at radius 2 is 1.64 bits per heavy atom. The number of rotatable bonds is 9. The number of carbonyl (C=O) groups excluding carboxylic acids is 4. The third-order valence-corrected chi connectivity index (χ3v) is 5.51. The summed E-state index contributed by atoms with van der Waals surface area (Å²) >= 11 is 0. The molecular weight excluding hydrogens is 514 g/mol. The van der Waals surface area contributed by atoms with Gasteiger partial charge in [-0.05, 0) is 5.56 Å². The van der Waals surface area contributed by atoms with E-state index in [9.17, 15) is 19.2 Å². The van der Waals surface area contributed by atoms with E-state index in [2.05, 4.69) is 20.3 Å². The standard InChI is InChI=1S/C25H27N5O9/c1-13(31)27-25-28-22-19(23(29-25)36-10-17-8-6-5-7-9-17)26-12-30(22)24-21(38-16(4)34)20(37-15(3)33)18(39-24)11-35-14(2)32/h5-9,12,18,20-21,24H,10-11H2,1-4H3,(H,27,28,29,31)/t18-,20-,21-,24-/m1/s1. The molecule has 1 fully saturated rings. The Bertz CT molecular complexity index is 1380. The Morgan fingerprint density at radius 3 is 2.28 bits per heavy atom. The van der Waals surface area contributed by atoms with Gasteiger partial charge >= 0.3 is 17.9 Å². The molecule has 0 saturated carbocycles. The van der Waals surface area contributed by atoms with Crippen LogP contribution in [0.1, 0.15) is 39.5 Å². The minimum atomic E-state index is -1.16. The molecule has 14 nitrogen and oxygen atoms in total. The zero-order chi connectivity index (χ0) is 28.1. The summed E-state index contributed by atoms with van der Waals surface area (Å²) in [6.45, 7) is 4.80. The molecular formula is C25H27N5O9. The number of nitrogens with one attached hydrogen (secondary N) is 1. The molecule has 3 heterocycles. The van der Waals surface area contributed by atoms with E-state index in [0.29, 0.717) is 0 Å². The number of ether oxygens (including phenoxy) is 5. The lowest BCUT2D eigenvalue weighted by molar-refractivity contribution is -0.166. The van der Waals surface area contributed by atoms with Crippen LogP contribution in [0.5, 0.6) is 5.88 Å². The van der Waals surface area contributed by atoms with Gasteiger partial charge in [0.1, 0.15) is 19.3 Å². The first-order chi connectivity index (χ1) is 18.6. The fourth-order valence-corrected chi connectivity index (χ4v) is 4.03. The molecule has 0 spiro atoms. The largest absolute Gasteiger partial charge is 0.471 e. The molecule has 2 aromatic heterocycles. The van der Waals surface area contributed by atoms with Crippen LogP contribution in [0.15, 0.2) is 36.7 Å². The van der Waals surface area contributed by atoms with Crippen LogP contribution in [0.4, 0.5) is 5.95 Å². The third-order valence-electron chi connectivity index (χ3n) is 5.51. The summed E-state index contributed by atoms with van der Waals surface area (Å²) < 4.78 is 29.5. The number of imidazole rings is 1. The lowest BCUT2D eigenvalue weighted by Crippen LogP contribution is -2.40. The average Bonchev–Trinajstić information content (AvgIpc) is 3.42. The van der Waals surface area contributed by atoms with Gasteiger partial charge in [-0.3, -0.25) is 29.1 Å². The quantitative estimate of drug-likeness (QED) is 0.308. The van der Waals surface area contributed by atoms with Crippen molar-refractivity contribution >= 4 is 40.9 Å². The van der Waals surface area contributed by atoms with Crippen LogP contribution in [0.2, 0.25) is 0 Å². The minimum Gasteiger partial charge on any atom is -0.471 e. The highest BCUT2D eigenvalue weighted by atomic mass is 16.7. The summed E-state index contributed by atoms with van der Waals surface area (Å²) in [5, 5.41) is 2.53. The molecule has 1 N–H and O–H groups in total. The monoisotopic (exact) mass is 541 g/mol. The number of esters is 3. The maximum atomic E-state index is 12.0. The molecule has 0 aliphatic carbocycles. The van der Waals surface area contributed by atoms with Crippen molar-refractivity contribution in [2.24, 2.45) is 0 Å². The lowest BCUT2D eigenvalue weighted by Gasteiger charge is -2.23. The van der Waals surface area contributed by atoms with Gasteiger partial charge in [-0.15, -0.1) is 0 Å². The van der Waals surface area contributed by atoms with E-state index in [1.165, 1.54) is 38.6 Å². The normalized spacial score (nSPS) is 20.3. The Kier molecular flexibility index (Phi) is 8.34. The second-order valence-electron chi connectivity index (χ2n) is 8.65. The molecule has 3 aromatic rings. The average molecular weight is 542 g/mol. The van der Waals surface area contributed by atoms with Gasteiger partial charge in [0.05, 0.1) is 6.33 Å². The minimum absolute atomic E-state index is 0.0603. The van der Waals surface area contributed by atoms with Gasteiger partial charge in [0.15, 0.2) is 29.6 Å². The zero-order valence-electron chi connectivity index (χ0n) is 21.7. The van der Waals surface area contributed by atoms with Crippen LogP contribution in [-0.4, -0.2) is 68.3 Å². The van der Waals surface area contributed by atoms with Crippen molar-refractivity contribution in [1.29, 1.82) is 0 Å². The summed E-state index contributed by atoms with van der Waals surface area (Å²) in [6.07, 6.45) is -2.98. The number of fused-ring (bicyclic) bond motifs is 1. The number of nitrogens with zero attached hydrogens (tertiary/aromatic N) is 4. The van der Waals surface area contributed by atoms with Crippen molar-refractivity contribution in [3.8, 4) is 5.88 Å². The topological polar surface area (TPSA) is 170 Å². The second-order valence-corrected chi connectivity index (χ2v) is 8.65. The number of anilines is 1. The molecule has 4 atom stereocenters. The van der Waals surface area contributed by atoms with Gasteiger partial charge in [-0.2, -0.15) is 9.97 Å². The maximum absolute atomic E-state index is 12.0. The van der Waals surface area contributed by atoms with E-state index in [0.717, 1.165) is 5.56 Å². The van der Waals surface area contributed by atoms with Gasteiger partial charge in [0, 0.05) is 27.7 Å². The Hall–Kier alpha value is -4.59. The van der Waals surface area contributed by atoms with Crippen LogP contribution < -0.4 is 10.1 Å². The van der Waals surface area contributed by atoms with Crippen molar-refractivity contribution < 1.29 is 42.9 Å². The Morgan fingerprint density at radius 1 is 0.949 bits per heavy atom. The summed E-state index contributed by atoms with van der Waals surface area (Å²) in [7, 11) is 0. The third kappa shape index (κ3) is 6.65. The summed E-state index contributed by atoms with van der Waals surface area (Å²) in [4.78, 5) is 60.2. The van der Waals surface area contributed by atoms with Gasteiger partial charge in [0.2, 0.25) is 17.7 Å². The predicted molar refractivity (Wildman–Crippen MR) is 132 cm³/mol. The smallest absolute Gasteiger partial charge is 0.303 e. The second kappa shape index (κ2) is 11.9. The highest BCUT2D eigenvalue weighted by Crippen LogP contribution is 2.37. The van der Waals surface area contributed by atoms with Crippen molar-refractivity contribution in [2.75, 3.05) is 11.9 Å². The van der Waals surface area contributed by atoms with Crippen LogP contribution >= 0.6 is 0 Å². The summed E-state index contributed by atoms with van der Waals surface area (Å²) in [6, 6.07) is 9.36. The van der Waals surface area contributed by atoms with Crippen molar-refractivity contribution in [1.82, 2.24) is 19.5 Å². The predicted octanol–water partition coefficient (Wildman–Crippen LogP) is 1.69. The van der Waals surface area contributed by atoms with Crippen LogP contribution in [0.3, 0.4) is 0 Å². The van der Waals surface area contributed by atoms with Gasteiger partial charge in [0.25, 0.3) is 0 Å². The van der Waals surface area contributed by atoms with E-state index >= 15 is 0 Å². The number of carbonyl (C=O) groups is 4. The first-order valence-corrected chi connectivity index (χ1v) is 11.9. The van der Waals surface area contributed by atoms with E-state index in [1.54, 1.807) is 0 Å². The fourth-order valence-electron chi connectivity index (χ4n) is 4.03. The van der Waals surface area contributed by atoms with Crippen molar-refractivity contribution in [2.45, 2.75) is 58.8 Å². The highest BCUT2D eigenvalue weighted by molar-refractivity contribution is 5.88. The van der Waals surface area contributed by atoms with Crippen LogP contribution in [0, 0.1) is 0 Å². The number of amides is 1. The Labute approximate surface area is 222 Å². The van der Waals surface area contributed by atoms with E-state index in [4.69, 9.17) is 23.7 Å². The molecule has 1 amide bonds. The molecule has 206 valence electrons. The fraction of sp³-hybridized carbons (Fsp3) is 0.400. The van der Waals surface area contributed by atoms with Crippen LogP contribution in [0.25, 0.3) is 11.2 Å². The van der Waals surface area contributed by atoms with Gasteiger partial charge in [-0.25, -0.2) is 4.98 Å². The molecule has 1 aliphatic rings. The summed E-state index contributed by atoms with van der Waals surface area (Å²) in [5.41, 5.74) is 1.28. The molecule has 4 rings (SSSR count). The molecule has 39 heavy (non-hydrogen) atoms. The molecule has 1 aliphatic heterocycles. The number of benzene rings is 1. The zero-order valence-corrected chi connectivity index (χ0v) is 21.7. The van der Waals surface area contributed by atoms with E-state index < -0.39 is 48.4 Å². The first-order valence-electron chi connectivity index (χ1n) is 11.9. The van der Waals surface area contributed by atoms with Crippen molar-refractivity contribution in [3.05, 3.63) is 42.2 Å². The van der Waals surface area contributed by atoms with Gasteiger partial charge < -0.3 is 23.7 Å². The molecule has 0 unspecified atom stereocenters.